The van der Waals surface area contributed by atoms with Crippen LogP contribution >= 0.6 is 0 Å². The molecule has 0 aliphatic rings. The van der Waals surface area contributed by atoms with Crippen LogP contribution in [0.25, 0.3) is 5.52 Å². The number of carbonyl (C=O) groups excluding carboxylic acids is 2. The van der Waals surface area contributed by atoms with Crippen LogP contribution in [0.15, 0.2) is 48.7 Å². The van der Waals surface area contributed by atoms with E-state index in [-0.39, 0.29) is 11.5 Å². The molecule has 0 saturated heterocycles. The molecule has 0 aliphatic heterocycles. The molecule has 0 radical (unpaired) electrons. The van der Waals surface area contributed by atoms with Crippen LogP contribution in [0.5, 0.6) is 0 Å². The zero-order valence-electron chi connectivity index (χ0n) is 14.0. The van der Waals surface area contributed by atoms with E-state index >= 15 is 0 Å². The molecule has 1 aromatic carbocycles. The highest BCUT2D eigenvalue weighted by Crippen LogP contribution is 2.16. The van der Waals surface area contributed by atoms with Crippen molar-refractivity contribution in [1.82, 2.24) is 14.7 Å². The SMILES string of the molecule is COCCNC(=O)c1nc(C(=O)Nc2cccc(F)c2)n2ccccc12. The van der Waals surface area contributed by atoms with Crippen LogP contribution in [0.3, 0.4) is 0 Å². The Hall–Kier alpha value is -3.26. The number of nitrogens with one attached hydrogen (secondary N) is 2. The topological polar surface area (TPSA) is 84.7 Å². The molecule has 3 rings (SSSR count). The molecule has 0 atom stereocenters. The lowest BCUT2D eigenvalue weighted by Crippen LogP contribution is -2.27. The number of aromatic nitrogens is 2. The van der Waals surface area contributed by atoms with Gasteiger partial charge in [0, 0.05) is 25.5 Å². The van der Waals surface area contributed by atoms with Gasteiger partial charge in [-0.25, -0.2) is 9.37 Å². The van der Waals surface area contributed by atoms with Gasteiger partial charge < -0.3 is 15.4 Å². The maximum absolute atomic E-state index is 13.3. The van der Waals surface area contributed by atoms with E-state index in [0.717, 1.165) is 0 Å². The molecule has 0 bridgehead atoms. The molecule has 0 aliphatic carbocycles. The third kappa shape index (κ3) is 3.70. The normalized spacial score (nSPS) is 10.7. The summed E-state index contributed by atoms with van der Waals surface area (Å²) in [7, 11) is 1.53. The standard InChI is InChI=1S/C18H17FN4O3/c1-26-10-8-20-17(24)15-14-7-2-3-9-23(14)16(22-15)18(25)21-13-6-4-5-12(19)11-13/h2-7,9,11H,8,10H2,1H3,(H,20,24)(H,21,25). The largest absolute Gasteiger partial charge is 0.383 e. The number of hydrogen-bond acceptors (Lipinski definition) is 4. The van der Waals surface area contributed by atoms with Gasteiger partial charge in [0.25, 0.3) is 11.8 Å². The molecule has 2 heterocycles. The second-order valence-electron chi connectivity index (χ2n) is 5.45. The van der Waals surface area contributed by atoms with Crippen LogP contribution in [-0.2, 0) is 4.74 Å². The van der Waals surface area contributed by atoms with Crippen molar-refractivity contribution in [3.05, 3.63) is 66.0 Å². The minimum atomic E-state index is -0.548. The van der Waals surface area contributed by atoms with Gasteiger partial charge in [-0.2, -0.15) is 0 Å². The lowest BCUT2D eigenvalue weighted by atomic mass is 10.3. The number of rotatable bonds is 6. The fraction of sp³-hybridized carbons (Fsp3) is 0.167. The number of fused-ring (bicyclic) bond motifs is 1. The first kappa shape index (κ1) is 17.6. The van der Waals surface area contributed by atoms with E-state index < -0.39 is 17.6 Å². The van der Waals surface area contributed by atoms with Gasteiger partial charge in [0.1, 0.15) is 5.82 Å². The summed E-state index contributed by atoms with van der Waals surface area (Å²) in [6.07, 6.45) is 1.63. The van der Waals surface area contributed by atoms with Gasteiger partial charge in [-0.1, -0.05) is 12.1 Å². The molecule has 0 unspecified atom stereocenters. The second kappa shape index (κ2) is 7.75. The number of hydrogen-bond donors (Lipinski definition) is 2. The highest BCUT2D eigenvalue weighted by atomic mass is 19.1. The smallest absolute Gasteiger partial charge is 0.292 e. The van der Waals surface area contributed by atoms with Crippen LogP contribution in [0.1, 0.15) is 21.1 Å². The number of amides is 2. The number of nitrogens with zero attached hydrogens (tertiary/aromatic N) is 2. The van der Waals surface area contributed by atoms with Crippen LogP contribution in [-0.4, -0.2) is 41.5 Å². The summed E-state index contributed by atoms with van der Waals surface area (Å²) in [6, 6.07) is 10.7. The van der Waals surface area contributed by atoms with Gasteiger partial charge in [-0.15, -0.1) is 0 Å². The first-order valence-corrected chi connectivity index (χ1v) is 7.91. The number of ether oxygens (including phenoxy) is 1. The maximum atomic E-state index is 13.3. The molecule has 0 spiro atoms. The predicted octanol–water partition coefficient (Wildman–Crippen LogP) is 2.10. The number of anilines is 1. The quantitative estimate of drug-likeness (QED) is 0.663. The maximum Gasteiger partial charge on any atom is 0.292 e. The highest BCUT2D eigenvalue weighted by molar-refractivity contribution is 6.06. The highest BCUT2D eigenvalue weighted by Gasteiger charge is 2.21. The summed E-state index contributed by atoms with van der Waals surface area (Å²) >= 11 is 0. The molecule has 2 amide bonds. The molecule has 2 N–H and O–H groups in total. The minimum Gasteiger partial charge on any atom is -0.383 e. The van der Waals surface area contributed by atoms with Crippen molar-refractivity contribution in [3.8, 4) is 0 Å². The van der Waals surface area contributed by atoms with Crippen molar-refractivity contribution < 1.29 is 18.7 Å². The number of benzene rings is 1. The molecule has 2 aromatic heterocycles. The van der Waals surface area contributed by atoms with Crippen molar-refractivity contribution in [2.75, 3.05) is 25.6 Å². The predicted molar refractivity (Wildman–Crippen MR) is 93.8 cm³/mol. The second-order valence-corrected chi connectivity index (χ2v) is 5.45. The van der Waals surface area contributed by atoms with Crippen molar-refractivity contribution in [1.29, 1.82) is 0 Å². The van der Waals surface area contributed by atoms with Gasteiger partial charge in [0.15, 0.2) is 5.69 Å². The van der Waals surface area contributed by atoms with E-state index in [2.05, 4.69) is 15.6 Å². The van der Waals surface area contributed by atoms with Crippen molar-refractivity contribution in [3.63, 3.8) is 0 Å². The van der Waals surface area contributed by atoms with Crippen LogP contribution < -0.4 is 10.6 Å². The van der Waals surface area contributed by atoms with E-state index in [0.29, 0.717) is 24.4 Å². The third-order valence-electron chi connectivity index (χ3n) is 3.64. The molecule has 26 heavy (non-hydrogen) atoms. The molecule has 0 fully saturated rings. The van der Waals surface area contributed by atoms with E-state index in [4.69, 9.17) is 4.74 Å². The van der Waals surface area contributed by atoms with Gasteiger partial charge >= 0.3 is 0 Å². The molecule has 3 aromatic rings. The number of methoxy groups -OCH3 is 1. The fourth-order valence-corrected chi connectivity index (χ4v) is 2.47. The minimum absolute atomic E-state index is 0.0294. The third-order valence-corrected chi connectivity index (χ3v) is 3.64. The number of carbonyl (C=O) groups is 2. The monoisotopic (exact) mass is 356 g/mol. The van der Waals surface area contributed by atoms with Crippen molar-refractivity contribution in [2.45, 2.75) is 0 Å². The van der Waals surface area contributed by atoms with Crippen molar-refractivity contribution in [2.24, 2.45) is 0 Å². The Bertz CT molecular complexity index is 955. The summed E-state index contributed by atoms with van der Waals surface area (Å²) in [6.45, 7) is 0.691. The van der Waals surface area contributed by atoms with Gasteiger partial charge in [0.2, 0.25) is 5.82 Å². The number of pyridine rings is 1. The number of imidazole rings is 1. The summed E-state index contributed by atoms with van der Waals surface area (Å²) in [5.74, 6) is -1.39. The summed E-state index contributed by atoms with van der Waals surface area (Å²) in [5, 5.41) is 5.26. The average molecular weight is 356 g/mol. The Kier molecular flexibility index (Phi) is 5.23. The van der Waals surface area contributed by atoms with Gasteiger partial charge in [-0.05, 0) is 30.3 Å². The van der Waals surface area contributed by atoms with E-state index in [1.54, 1.807) is 30.5 Å². The first-order chi connectivity index (χ1) is 12.6. The molecule has 134 valence electrons. The molecule has 0 saturated carbocycles. The van der Waals surface area contributed by atoms with Crippen LogP contribution in [0, 0.1) is 5.82 Å². The van der Waals surface area contributed by atoms with Gasteiger partial charge in [0.05, 0.1) is 12.1 Å². The summed E-state index contributed by atoms with van der Waals surface area (Å²) in [5.41, 5.74) is 0.923. The van der Waals surface area contributed by atoms with E-state index in [9.17, 15) is 14.0 Å². The van der Waals surface area contributed by atoms with Crippen LogP contribution in [0.2, 0.25) is 0 Å². The summed E-state index contributed by atoms with van der Waals surface area (Å²) < 4.78 is 19.7. The lowest BCUT2D eigenvalue weighted by Gasteiger charge is -2.04. The average Bonchev–Trinajstić information content (AvgIpc) is 3.02. The zero-order valence-corrected chi connectivity index (χ0v) is 14.0. The Morgan fingerprint density at radius 2 is 2.04 bits per heavy atom. The Morgan fingerprint density at radius 3 is 2.81 bits per heavy atom. The zero-order chi connectivity index (χ0) is 18.5. The molecular formula is C18H17FN4O3. The molecular weight excluding hydrogens is 339 g/mol. The Morgan fingerprint density at radius 1 is 1.19 bits per heavy atom. The summed E-state index contributed by atoms with van der Waals surface area (Å²) in [4.78, 5) is 29.1. The van der Waals surface area contributed by atoms with Crippen LogP contribution in [0.4, 0.5) is 10.1 Å². The fourth-order valence-electron chi connectivity index (χ4n) is 2.47. The molecule has 7 nitrogen and oxygen atoms in total. The molecule has 8 heteroatoms. The Balaban J connectivity index is 1.91. The van der Waals surface area contributed by atoms with Gasteiger partial charge in [-0.3, -0.25) is 14.0 Å². The Labute approximate surface area is 148 Å². The van der Waals surface area contributed by atoms with E-state index in [1.807, 2.05) is 0 Å². The first-order valence-electron chi connectivity index (χ1n) is 7.91. The lowest BCUT2D eigenvalue weighted by molar-refractivity contribution is 0.0934. The number of halogens is 1. The van der Waals surface area contributed by atoms with E-state index in [1.165, 1.54) is 29.7 Å². The van der Waals surface area contributed by atoms with Crippen molar-refractivity contribution >= 4 is 23.0 Å².